The molecule has 1 unspecified atom stereocenters. The van der Waals surface area contributed by atoms with Gasteiger partial charge in [-0.25, -0.2) is 8.42 Å². The van der Waals surface area contributed by atoms with Crippen molar-refractivity contribution >= 4 is 16.0 Å². The number of hydrogen-bond acceptors (Lipinski definition) is 7. The van der Waals surface area contributed by atoms with Crippen LogP contribution in [0.15, 0.2) is 44.7 Å². The van der Waals surface area contributed by atoms with Gasteiger partial charge in [0.1, 0.15) is 17.8 Å². The molecule has 1 fully saturated rings. The fraction of sp³-hybridized carbons (Fsp3) is 0.579. The van der Waals surface area contributed by atoms with Crippen molar-refractivity contribution in [2.24, 2.45) is 4.99 Å². The molecule has 0 radical (unpaired) electrons. The summed E-state index contributed by atoms with van der Waals surface area (Å²) in [7, 11) is 0.559. The van der Waals surface area contributed by atoms with Crippen LogP contribution in [0.1, 0.15) is 24.4 Å². The van der Waals surface area contributed by atoms with E-state index >= 15 is 0 Å². The van der Waals surface area contributed by atoms with Gasteiger partial charge in [-0.3, -0.25) is 9.89 Å². The number of piperazine rings is 1. The van der Waals surface area contributed by atoms with Crippen molar-refractivity contribution in [1.82, 2.24) is 24.6 Å². The Balaban J connectivity index is 1.63. The molecule has 1 N–H and O–H groups in total. The minimum Gasteiger partial charge on any atom is -0.468 e. The van der Waals surface area contributed by atoms with E-state index in [-0.39, 0.29) is 11.8 Å². The Morgan fingerprint density at radius 1 is 1.27 bits per heavy atom. The smallest absolute Gasteiger partial charge is 0.220 e. The summed E-state index contributed by atoms with van der Waals surface area (Å²) in [5, 5.41) is 7.03. The van der Waals surface area contributed by atoms with Crippen LogP contribution in [0.2, 0.25) is 0 Å². The quantitative estimate of drug-likeness (QED) is 0.480. The number of aliphatic imine (C=N–C) groups is 1. The standard InChI is InChI=1S/C19H30N6O4S/c1-4-20-19(21-14-17(23(2)3)18-6-5-12-28-18)24-8-10-25(11-9-24)30(26,27)15-16-7-13-29-22-16/h5-7,12-13,17H,4,8-11,14-15H2,1-3H3,(H,20,21). The van der Waals surface area contributed by atoms with Crippen molar-refractivity contribution in [3.8, 4) is 0 Å². The predicted octanol–water partition coefficient (Wildman–Crippen LogP) is 0.983. The lowest BCUT2D eigenvalue weighted by Gasteiger charge is -2.36. The Bertz CT molecular complexity index is 888. The first-order chi connectivity index (χ1) is 14.4. The van der Waals surface area contributed by atoms with E-state index in [9.17, 15) is 8.42 Å². The molecule has 1 aliphatic heterocycles. The lowest BCUT2D eigenvalue weighted by Crippen LogP contribution is -2.54. The molecule has 11 heteroatoms. The van der Waals surface area contributed by atoms with E-state index in [1.165, 1.54) is 10.6 Å². The van der Waals surface area contributed by atoms with Crippen LogP contribution in [0.5, 0.6) is 0 Å². The number of aromatic nitrogens is 1. The van der Waals surface area contributed by atoms with E-state index in [2.05, 4.69) is 20.3 Å². The topological polar surface area (TPSA) is 107 Å². The molecule has 0 saturated carbocycles. The maximum atomic E-state index is 12.6. The van der Waals surface area contributed by atoms with Crippen LogP contribution in [0.3, 0.4) is 0 Å². The van der Waals surface area contributed by atoms with Crippen LogP contribution in [-0.2, 0) is 15.8 Å². The Hall–Kier alpha value is -2.37. The van der Waals surface area contributed by atoms with Gasteiger partial charge < -0.3 is 19.2 Å². The molecule has 0 aromatic carbocycles. The average molecular weight is 439 g/mol. The Labute approximate surface area is 177 Å². The highest BCUT2D eigenvalue weighted by atomic mass is 32.2. The summed E-state index contributed by atoms with van der Waals surface area (Å²) >= 11 is 0. The molecule has 3 rings (SSSR count). The zero-order chi connectivity index (χ0) is 21.6. The molecule has 1 atom stereocenters. The molecule has 1 aliphatic rings. The summed E-state index contributed by atoms with van der Waals surface area (Å²) in [5.74, 6) is 1.50. The summed E-state index contributed by atoms with van der Waals surface area (Å²) in [6.07, 6.45) is 3.05. The average Bonchev–Trinajstić information content (AvgIpc) is 3.41. The highest BCUT2D eigenvalue weighted by Crippen LogP contribution is 2.19. The number of sulfonamides is 1. The number of nitrogens with one attached hydrogen (secondary N) is 1. The minimum atomic E-state index is -3.43. The fourth-order valence-electron chi connectivity index (χ4n) is 3.36. The number of rotatable bonds is 8. The van der Waals surface area contributed by atoms with Gasteiger partial charge in [0.05, 0.1) is 24.5 Å². The van der Waals surface area contributed by atoms with E-state index in [0.29, 0.717) is 38.4 Å². The van der Waals surface area contributed by atoms with Gasteiger partial charge in [-0.2, -0.15) is 4.31 Å². The number of furan rings is 1. The summed E-state index contributed by atoms with van der Waals surface area (Å²) in [4.78, 5) is 8.97. The van der Waals surface area contributed by atoms with Crippen molar-refractivity contribution in [3.63, 3.8) is 0 Å². The Morgan fingerprint density at radius 2 is 2.03 bits per heavy atom. The lowest BCUT2D eigenvalue weighted by atomic mass is 10.2. The van der Waals surface area contributed by atoms with Gasteiger partial charge >= 0.3 is 0 Å². The van der Waals surface area contributed by atoms with Crippen molar-refractivity contribution in [1.29, 1.82) is 0 Å². The van der Waals surface area contributed by atoms with Gasteiger partial charge in [0, 0.05) is 38.8 Å². The largest absolute Gasteiger partial charge is 0.468 e. The molecule has 2 aromatic rings. The van der Waals surface area contributed by atoms with Gasteiger partial charge in [-0.05, 0) is 33.2 Å². The molecule has 0 bridgehead atoms. The van der Waals surface area contributed by atoms with Crippen LogP contribution < -0.4 is 5.32 Å². The van der Waals surface area contributed by atoms with E-state index in [0.717, 1.165) is 18.3 Å². The second-order valence-corrected chi connectivity index (χ2v) is 9.29. The lowest BCUT2D eigenvalue weighted by molar-refractivity contribution is 0.252. The number of guanidine groups is 1. The first-order valence-electron chi connectivity index (χ1n) is 10.0. The zero-order valence-corrected chi connectivity index (χ0v) is 18.5. The molecule has 3 heterocycles. The van der Waals surface area contributed by atoms with E-state index in [4.69, 9.17) is 13.9 Å². The normalized spacial score (nSPS) is 17.5. The molecule has 0 aliphatic carbocycles. The molecular formula is C19H30N6O4S. The highest BCUT2D eigenvalue weighted by molar-refractivity contribution is 7.88. The third-order valence-corrected chi connectivity index (χ3v) is 6.81. The predicted molar refractivity (Wildman–Crippen MR) is 113 cm³/mol. The highest BCUT2D eigenvalue weighted by Gasteiger charge is 2.29. The van der Waals surface area contributed by atoms with Gasteiger partial charge in [0.25, 0.3) is 0 Å². The SMILES string of the molecule is CCNC(=NCC(c1ccco1)N(C)C)N1CCN(S(=O)(=O)Cc2ccon2)CC1. The van der Waals surface area contributed by atoms with Gasteiger partial charge in [-0.1, -0.05) is 5.16 Å². The molecule has 1 saturated heterocycles. The summed E-state index contributed by atoms with van der Waals surface area (Å²) < 4.78 is 37.1. The maximum absolute atomic E-state index is 12.6. The van der Waals surface area contributed by atoms with Crippen molar-refractivity contribution < 1.29 is 17.4 Å². The number of likely N-dealkylation sites (N-methyl/N-ethyl adjacent to an activating group) is 1. The number of nitrogens with zero attached hydrogens (tertiary/aromatic N) is 5. The first-order valence-corrected chi connectivity index (χ1v) is 11.6. The monoisotopic (exact) mass is 438 g/mol. The van der Waals surface area contributed by atoms with E-state index < -0.39 is 10.0 Å². The second kappa shape index (κ2) is 10.1. The van der Waals surface area contributed by atoms with Crippen LogP contribution in [0.25, 0.3) is 0 Å². The molecule has 10 nitrogen and oxygen atoms in total. The van der Waals surface area contributed by atoms with Crippen LogP contribution >= 0.6 is 0 Å². The van der Waals surface area contributed by atoms with Gasteiger partial charge in [0.15, 0.2) is 5.96 Å². The summed E-state index contributed by atoms with van der Waals surface area (Å²) in [6, 6.07) is 5.42. The third kappa shape index (κ3) is 5.61. The number of hydrogen-bond donors (Lipinski definition) is 1. The maximum Gasteiger partial charge on any atom is 0.220 e. The fourth-order valence-corrected chi connectivity index (χ4v) is 4.78. The molecular weight excluding hydrogens is 408 g/mol. The van der Waals surface area contributed by atoms with E-state index in [1.807, 2.05) is 33.2 Å². The first kappa shape index (κ1) is 22.3. The second-order valence-electron chi connectivity index (χ2n) is 7.32. The van der Waals surface area contributed by atoms with Crippen LogP contribution in [-0.4, -0.2) is 87.0 Å². The Morgan fingerprint density at radius 3 is 2.60 bits per heavy atom. The summed E-state index contributed by atoms with van der Waals surface area (Å²) in [5.41, 5.74) is 0.417. The van der Waals surface area contributed by atoms with Gasteiger partial charge in [0.2, 0.25) is 10.0 Å². The van der Waals surface area contributed by atoms with Crippen molar-refractivity contribution in [3.05, 3.63) is 42.2 Å². The third-order valence-electron chi connectivity index (χ3n) is 5.00. The molecule has 30 heavy (non-hydrogen) atoms. The van der Waals surface area contributed by atoms with Crippen molar-refractivity contribution in [2.45, 2.75) is 18.7 Å². The van der Waals surface area contributed by atoms with Gasteiger partial charge in [-0.15, -0.1) is 0 Å². The summed E-state index contributed by atoms with van der Waals surface area (Å²) in [6.45, 7) is 5.23. The minimum absolute atomic E-state index is 0.0257. The Kier molecular flexibility index (Phi) is 7.51. The van der Waals surface area contributed by atoms with Crippen LogP contribution in [0, 0.1) is 0 Å². The molecule has 166 valence electrons. The van der Waals surface area contributed by atoms with Crippen LogP contribution in [0.4, 0.5) is 0 Å². The molecule has 0 spiro atoms. The molecule has 2 aromatic heterocycles. The van der Waals surface area contributed by atoms with E-state index in [1.54, 1.807) is 12.3 Å². The zero-order valence-electron chi connectivity index (χ0n) is 17.7. The van der Waals surface area contributed by atoms with Crippen molar-refractivity contribution in [2.75, 3.05) is 53.4 Å². The molecule has 0 amide bonds.